The lowest BCUT2D eigenvalue weighted by Crippen LogP contribution is -2.42. The number of benzene rings is 2. The summed E-state index contributed by atoms with van der Waals surface area (Å²) < 4.78 is 5.72. The third-order valence-electron chi connectivity index (χ3n) is 5.40. The predicted octanol–water partition coefficient (Wildman–Crippen LogP) is 5.43. The highest BCUT2D eigenvalue weighted by atomic mass is 16.5. The van der Waals surface area contributed by atoms with Crippen LogP contribution in [0, 0.1) is 17.2 Å². The van der Waals surface area contributed by atoms with E-state index in [0.717, 1.165) is 31.2 Å². The van der Waals surface area contributed by atoms with Crippen molar-refractivity contribution in [3.8, 4) is 11.8 Å². The maximum Gasteiger partial charge on any atom is 0.235 e. The fraction of sp³-hybridized carbons (Fsp3) is 0.417. The van der Waals surface area contributed by atoms with E-state index in [2.05, 4.69) is 37.4 Å². The van der Waals surface area contributed by atoms with Crippen molar-refractivity contribution in [2.24, 2.45) is 5.92 Å². The van der Waals surface area contributed by atoms with Crippen molar-refractivity contribution in [3.63, 3.8) is 0 Å². The molecule has 0 atom stereocenters. The van der Waals surface area contributed by atoms with Crippen molar-refractivity contribution in [2.75, 3.05) is 11.9 Å². The molecule has 146 valence electrons. The van der Waals surface area contributed by atoms with Crippen LogP contribution in [0.5, 0.6) is 5.75 Å². The van der Waals surface area contributed by atoms with Crippen molar-refractivity contribution in [3.05, 3.63) is 59.7 Å². The van der Waals surface area contributed by atoms with Crippen LogP contribution in [0.3, 0.4) is 0 Å². The summed E-state index contributed by atoms with van der Waals surface area (Å²) in [6.45, 7) is 4.68. The van der Waals surface area contributed by atoms with E-state index in [1.165, 1.54) is 6.42 Å². The number of ether oxygens (including phenoxy) is 1. The summed E-state index contributed by atoms with van der Waals surface area (Å²) >= 11 is 0. The van der Waals surface area contributed by atoms with Crippen LogP contribution in [0.1, 0.15) is 57.1 Å². The highest BCUT2D eigenvalue weighted by Gasteiger charge is 2.41. The molecule has 0 bridgehead atoms. The molecule has 4 heteroatoms. The summed E-state index contributed by atoms with van der Waals surface area (Å²) in [7, 11) is 0. The largest absolute Gasteiger partial charge is 0.492 e. The first-order valence-electron chi connectivity index (χ1n) is 10.1. The van der Waals surface area contributed by atoms with Gasteiger partial charge in [-0.05, 0) is 42.5 Å². The Labute approximate surface area is 167 Å². The van der Waals surface area contributed by atoms with Gasteiger partial charge in [-0.3, -0.25) is 4.79 Å². The van der Waals surface area contributed by atoms with Gasteiger partial charge in [0.05, 0.1) is 17.6 Å². The van der Waals surface area contributed by atoms with Crippen LogP contribution in [0.25, 0.3) is 0 Å². The summed E-state index contributed by atoms with van der Waals surface area (Å²) in [5, 5.41) is 12.5. The van der Waals surface area contributed by atoms with E-state index >= 15 is 0 Å². The molecule has 2 aromatic rings. The van der Waals surface area contributed by atoms with E-state index < -0.39 is 5.41 Å². The number of carbonyl (C=O) groups excluding carboxylic acids is 1. The molecule has 28 heavy (non-hydrogen) atoms. The van der Waals surface area contributed by atoms with Crippen LogP contribution < -0.4 is 10.1 Å². The summed E-state index contributed by atoms with van der Waals surface area (Å²) in [5.41, 5.74) is 1.65. The Balaban J connectivity index is 1.83. The van der Waals surface area contributed by atoms with Gasteiger partial charge in [0, 0.05) is 5.69 Å². The zero-order chi connectivity index (χ0) is 20.0. The molecular weight excluding hydrogens is 348 g/mol. The average molecular weight is 377 g/mol. The first-order chi connectivity index (χ1) is 13.5. The van der Waals surface area contributed by atoms with Gasteiger partial charge in [-0.25, -0.2) is 0 Å². The number of rotatable bonds is 6. The first kappa shape index (κ1) is 19.9. The number of carbonyl (C=O) groups is 1. The Morgan fingerprint density at radius 3 is 2.50 bits per heavy atom. The fourth-order valence-corrected chi connectivity index (χ4v) is 3.89. The van der Waals surface area contributed by atoms with Gasteiger partial charge in [0.1, 0.15) is 11.8 Å². The third kappa shape index (κ3) is 4.36. The second-order valence-electron chi connectivity index (χ2n) is 7.99. The maximum atomic E-state index is 13.4. The first-order valence-corrected chi connectivity index (χ1v) is 10.1. The van der Waals surface area contributed by atoms with E-state index in [0.29, 0.717) is 29.5 Å². The summed E-state index contributed by atoms with van der Waals surface area (Å²) in [5.74, 6) is 0.950. The zero-order valence-electron chi connectivity index (χ0n) is 16.7. The maximum absolute atomic E-state index is 13.4. The molecule has 1 aliphatic rings. The minimum absolute atomic E-state index is 0.0122. The summed E-state index contributed by atoms with van der Waals surface area (Å²) in [4.78, 5) is 13.4. The van der Waals surface area contributed by atoms with E-state index in [1.807, 2.05) is 24.3 Å². The average Bonchev–Trinajstić information content (AvgIpc) is 2.73. The number of hydrogen-bond donors (Lipinski definition) is 1. The summed E-state index contributed by atoms with van der Waals surface area (Å²) in [6, 6.07) is 17.5. The SMILES string of the molecule is CC(C)COc1ccc(NC(=O)C2(c3ccccc3)CCCCC2)cc1C#N. The van der Waals surface area contributed by atoms with Crippen LogP contribution in [0.15, 0.2) is 48.5 Å². The molecule has 1 N–H and O–H groups in total. The van der Waals surface area contributed by atoms with Crippen molar-refractivity contribution in [1.82, 2.24) is 0 Å². The second-order valence-corrected chi connectivity index (χ2v) is 7.99. The highest BCUT2D eigenvalue weighted by Crippen LogP contribution is 2.40. The molecule has 1 aliphatic carbocycles. The lowest BCUT2D eigenvalue weighted by molar-refractivity contribution is -0.122. The number of nitrogens with one attached hydrogen (secondary N) is 1. The highest BCUT2D eigenvalue weighted by molar-refractivity contribution is 5.99. The number of hydrogen-bond acceptors (Lipinski definition) is 3. The zero-order valence-corrected chi connectivity index (χ0v) is 16.7. The topological polar surface area (TPSA) is 62.1 Å². The lowest BCUT2D eigenvalue weighted by Gasteiger charge is -2.36. The van der Waals surface area contributed by atoms with E-state index in [9.17, 15) is 10.1 Å². The molecule has 0 saturated heterocycles. The Bertz CT molecular complexity index is 847. The van der Waals surface area contributed by atoms with Crippen molar-refractivity contribution < 1.29 is 9.53 Å². The van der Waals surface area contributed by atoms with E-state index in [4.69, 9.17) is 4.74 Å². The van der Waals surface area contributed by atoms with Gasteiger partial charge in [-0.1, -0.05) is 63.4 Å². The van der Waals surface area contributed by atoms with Crippen LogP contribution >= 0.6 is 0 Å². The number of nitriles is 1. The lowest BCUT2D eigenvalue weighted by atomic mass is 9.68. The van der Waals surface area contributed by atoms with E-state index in [-0.39, 0.29) is 5.91 Å². The molecule has 0 aliphatic heterocycles. The third-order valence-corrected chi connectivity index (χ3v) is 5.40. The Kier molecular flexibility index (Phi) is 6.36. The fourth-order valence-electron chi connectivity index (χ4n) is 3.89. The molecule has 4 nitrogen and oxygen atoms in total. The molecule has 0 aromatic heterocycles. The molecular formula is C24H28N2O2. The summed E-state index contributed by atoms with van der Waals surface area (Å²) in [6.07, 6.45) is 4.97. The molecule has 1 fully saturated rings. The molecule has 0 unspecified atom stereocenters. The van der Waals surface area contributed by atoms with Gasteiger partial charge in [0.15, 0.2) is 0 Å². The van der Waals surface area contributed by atoms with Gasteiger partial charge in [-0.15, -0.1) is 0 Å². The second kappa shape index (κ2) is 8.93. The predicted molar refractivity (Wildman–Crippen MR) is 111 cm³/mol. The molecule has 0 spiro atoms. The van der Waals surface area contributed by atoms with Crippen LogP contribution in [-0.2, 0) is 10.2 Å². The molecule has 2 aromatic carbocycles. The Morgan fingerprint density at radius 2 is 1.86 bits per heavy atom. The van der Waals surface area contributed by atoms with Gasteiger partial charge < -0.3 is 10.1 Å². The van der Waals surface area contributed by atoms with Crippen LogP contribution in [0.2, 0.25) is 0 Å². The van der Waals surface area contributed by atoms with Crippen molar-refractivity contribution in [2.45, 2.75) is 51.4 Å². The van der Waals surface area contributed by atoms with Gasteiger partial charge in [0.25, 0.3) is 0 Å². The molecule has 1 amide bonds. The molecule has 3 rings (SSSR count). The molecule has 0 heterocycles. The standard InChI is InChI=1S/C24H28N2O2/c1-18(2)17-28-22-12-11-21(15-19(22)16-25)26-23(27)24(13-7-4-8-14-24)20-9-5-3-6-10-20/h3,5-6,9-12,15,18H,4,7-8,13-14,17H2,1-2H3,(H,26,27). The van der Waals surface area contributed by atoms with E-state index in [1.54, 1.807) is 12.1 Å². The van der Waals surface area contributed by atoms with Crippen molar-refractivity contribution in [1.29, 1.82) is 5.26 Å². The minimum Gasteiger partial charge on any atom is -0.492 e. The molecule has 0 radical (unpaired) electrons. The Hall–Kier alpha value is -2.80. The smallest absolute Gasteiger partial charge is 0.235 e. The van der Waals surface area contributed by atoms with Crippen LogP contribution in [-0.4, -0.2) is 12.5 Å². The molecule has 1 saturated carbocycles. The minimum atomic E-state index is -0.501. The number of anilines is 1. The normalized spacial score (nSPS) is 15.6. The van der Waals surface area contributed by atoms with Gasteiger partial charge in [-0.2, -0.15) is 5.26 Å². The quantitative estimate of drug-likeness (QED) is 0.731. The van der Waals surface area contributed by atoms with Crippen molar-refractivity contribution >= 4 is 11.6 Å². The van der Waals surface area contributed by atoms with Gasteiger partial charge in [0.2, 0.25) is 5.91 Å². The van der Waals surface area contributed by atoms with Crippen LogP contribution in [0.4, 0.5) is 5.69 Å². The number of nitrogens with zero attached hydrogens (tertiary/aromatic N) is 1. The van der Waals surface area contributed by atoms with Gasteiger partial charge >= 0.3 is 0 Å². The Morgan fingerprint density at radius 1 is 1.14 bits per heavy atom. The number of amides is 1. The monoisotopic (exact) mass is 376 g/mol.